The highest BCUT2D eigenvalue weighted by molar-refractivity contribution is 5.71. The van der Waals surface area contributed by atoms with Crippen molar-refractivity contribution in [2.45, 2.75) is 284 Å². The molecule has 416 valence electrons. The van der Waals surface area contributed by atoms with E-state index < -0.39 is 6.10 Å². The van der Waals surface area contributed by atoms with Crippen molar-refractivity contribution in [3.8, 4) is 0 Å². The van der Waals surface area contributed by atoms with Gasteiger partial charge in [0.2, 0.25) is 0 Å². The number of ether oxygens (including phenoxy) is 3. The van der Waals surface area contributed by atoms with Crippen molar-refractivity contribution in [3.63, 3.8) is 0 Å². The van der Waals surface area contributed by atoms with Crippen LogP contribution in [0, 0.1) is 0 Å². The summed E-state index contributed by atoms with van der Waals surface area (Å²) in [5, 5.41) is 0. The zero-order valence-corrected chi connectivity index (χ0v) is 47.6. The highest BCUT2D eigenvalue weighted by atomic mass is 16.6. The van der Waals surface area contributed by atoms with Crippen LogP contribution in [0.5, 0.6) is 0 Å². The molecule has 0 heterocycles. The second kappa shape index (κ2) is 60.6. The summed E-state index contributed by atoms with van der Waals surface area (Å²) in [6.07, 6.45) is 82.2. The van der Waals surface area contributed by atoms with E-state index in [1.807, 2.05) is 0 Å². The minimum absolute atomic E-state index is 0.0967. The van der Waals surface area contributed by atoms with E-state index in [1.54, 1.807) is 0 Å². The van der Waals surface area contributed by atoms with Gasteiger partial charge in [-0.15, -0.1) is 0 Å². The fraction of sp³-hybridized carbons (Fsp3) is 0.687. The number of hydrogen-bond donors (Lipinski definition) is 0. The summed E-state index contributed by atoms with van der Waals surface area (Å²) in [5.74, 6) is -0.949. The third-order valence-corrected chi connectivity index (χ3v) is 12.8. The van der Waals surface area contributed by atoms with E-state index in [0.717, 1.165) is 122 Å². The van der Waals surface area contributed by atoms with Gasteiger partial charge in [0.15, 0.2) is 6.10 Å². The Labute approximate surface area is 450 Å². The largest absolute Gasteiger partial charge is 0.462 e. The van der Waals surface area contributed by atoms with Crippen LogP contribution >= 0.6 is 0 Å². The first-order chi connectivity index (χ1) is 36.0. The SMILES string of the molecule is CC/C=C\C/C=C\C/C=C\C/C=C\C/C=C\C/C=C\CCCCC(=O)OCC(COC(=O)CCCCCCCCCCCCCCCCC)OC(=O)CCCCCCCC/C=C\C/C=C\C/C=C\CCCCC. The predicted octanol–water partition coefficient (Wildman–Crippen LogP) is 20.7. The molecule has 1 atom stereocenters. The maximum Gasteiger partial charge on any atom is 0.306 e. The van der Waals surface area contributed by atoms with Crippen LogP contribution in [0.25, 0.3) is 0 Å². The maximum atomic E-state index is 12.9. The standard InChI is InChI=1S/C67H112O6/c1-4-7-10-13-16-19-22-25-28-30-32-33-35-36-39-42-45-48-51-54-57-60-66(69)72-63-64(62-71-65(68)59-56-53-50-47-44-41-38-27-24-21-18-15-12-9-6-3)73-67(70)61-58-55-52-49-46-43-40-37-34-31-29-26-23-20-17-14-11-8-5-2/h7,10,16-17,19-20,25-26,28-29,32-34,36-37,39,45,48,64H,4-6,8-9,11-15,18,21-24,27,30-31,35,38,40-44,46-47,49-63H2,1-3H3/b10-7-,19-16-,20-17-,28-25-,29-26-,33-32-,37-34-,39-36-,48-45-. The smallest absolute Gasteiger partial charge is 0.306 e. The molecule has 0 aromatic rings. The van der Waals surface area contributed by atoms with Gasteiger partial charge in [-0.3, -0.25) is 14.4 Å². The first kappa shape index (κ1) is 69.1. The quantitative estimate of drug-likeness (QED) is 0.0261. The summed E-state index contributed by atoms with van der Waals surface area (Å²) < 4.78 is 16.9. The van der Waals surface area contributed by atoms with Crippen LogP contribution in [-0.4, -0.2) is 37.2 Å². The van der Waals surface area contributed by atoms with Gasteiger partial charge in [-0.25, -0.2) is 0 Å². The van der Waals surface area contributed by atoms with Gasteiger partial charge in [0.1, 0.15) is 13.2 Å². The van der Waals surface area contributed by atoms with Crippen molar-refractivity contribution in [2.24, 2.45) is 0 Å². The van der Waals surface area contributed by atoms with E-state index in [1.165, 1.54) is 116 Å². The van der Waals surface area contributed by atoms with Crippen LogP contribution in [0.3, 0.4) is 0 Å². The lowest BCUT2D eigenvalue weighted by Crippen LogP contribution is -2.30. The van der Waals surface area contributed by atoms with Crippen LogP contribution in [0.2, 0.25) is 0 Å². The van der Waals surface area contributed by atoms with Crippen LogP contribution in [0.1, 0.15) is 278 Å². The van der Waals surface area contributed by atoms with E-state index >= 15 is 0 Å². The first-order valence-electron chi connectivity index (χ1n) is 30.4. The van der Waals surface area contributed by atoms with E-state index in [9.17, 15) is 14.4 Å². The summed E-state index contributed by atoms with van der Waals surface area (Å²) in [5.41, 5.74) is 0. The van der Waals surface area contributed by atoms with Gasteiger partial charge >= 0.3 is 17.9 Å². The number of carbonyl (C=O) groups excluding carboxylic acids is 3. The second-order valence-corrected chi connectivity index (χ2v) is 19.9. The summed E-state index contributed by atoms with van der Waals surface area (Å²) in [4.78, 5) is 38.3. The summed E-state index contributed by atoms with van der Waals surface area (Å²) in [7, 11) is 0. The van der Waals surface area contributed by atoms with Crippen LogP contribution in [0.4, 0.5) is 0 Å². The normalized spacial score (nSPS) is 12.9. The van der Waals surface area contributed by atoms with E-state index in [2.05, 4.69) is 130 Å². The highest BCUT2D eigenvalue weighted by Crippen LogP contribution is 2.15. The molecule has 0 fully saturated rings. The Kier molecular flexibility index (Phi) is 57.4. The topological polar surface area (TPSA) is 78.9 Å². The molecule has 0 aromatic carbocycles. The van der Waals surface area contributed by atoms with Gasteiger partial charge in [-0.05, 0) is 109 Å². The fourth-order valence-electron chi connectivity index (χ4n) is 8.22. The fourth-order valence-corrected chi connectivity index (χ4v) is 8.22. The third kappa shape index (κ3) is 58.8. The molecular weight excluding hydrogens is 901 g/mol. The Balaban J connectivity index is 4.49. The molecule has 0 radical (unpaired) electrons. The molecule has 0 bridgehead atoms. The highest BCUT2D eigenvalue weighted by Gasteiger charge is 2.19. The average Bonchev–Trinajstić information content (AvgIpc) is 3.39. The van der Waals surface area contributed by atoms with E-state index in [4.69, 9.17) is 14.2 Å². The Bertz CT molecular complexity index is 1490. The van der Waals surface area contributed by atoms with Crippen molar-refractivity contribution in [3.05, 3.63) is 109 Å². The van der Waals surface area contributed by atoms with Crippen LogP contribution in [0.15, 0.2) is 109 Å². The molecule has 0 aliphatic rings. The molecule has 0 saturated carbocycles. The Morgan fingerprint density at radius 2 is 0.534 bits per heavy atom. The zero-order chi connectivity index (χ0) is 52.9. The van der Waals surface area contributed by atoms with Gasteiger partial charge in [0.05, 0.1) is 0 Å². The van der Waals surface area contributed by atoms with Gasteiger partial charge in [-0.1, -0.05) is 259 Å². The Morgan fingerprint density at radius 3 is 0.890 bits per heavy atom. The van der Waals surface area contributed by atoms with Crippen LogP contribution < -0.4 is 0 Å². The third-order valence-electron chi connectivity index (χ3n) is 12.8. The molecule has 0 aliphatic heterocycles. The minimum Gasteiger partial charge on any atom is -0.462 e. The number of unbranched alkanes of at least 4 members (excludes halogenated alkanes) is 25. The minimum atomic E-state index is -0.805. The molecule has 73 heavy (non-hydrogen) atoms. The molecule has 0 aliphatic carbocycles. The molecule has 0 saturated heterocycles. The molecule has 6 nitrogen and oxygen atoms in total. The number of rotatable bonds is 54. The van der Waals surface area contributed by atoms with E-state index in [-0.39, 0.29) is 31.1 Å². The maximum absolute atomic E-state index is 12.9. The number of esters is 3. The molecule has 0 rings (SSSR count). The van der Waals surface area contributed by atoms with Gasteiger partial charge in [-0.2, -0.15) is 0 Å². The summed E-state index contributed by atoms with van der Waals surface area (Å²) >= 11 is 0. The summed E-state index contributed by atoms with van der Waals surface area (Å²) in [6, 6.07) is 0. The number of allylic oxidation sites excluding steroid dienone is 18. The van der Waals surface area contributed by atoms with Gasteiger partial charge in [0, 0.05) is 19.3 Å². The molecule has 1 unspecified atom stereocenters. The van der Waals surface area contributed by atoms with Crippen molar-refractivity contribution in [2.75, 3.05) is 13.2 Å². The Hall–Kier alpha value is -3.93. The molecule has 0 amide bonds. The summed E-state index contributed by atoms with van der Waals surface area (Å²) in [6.45, 7) is 6.47. The van der Waals surface area contributed by atoms with Crippen molar-refractivity contribution in [1.29, 1.82) is 0 Å². The van der Waals surface area contributed by atoms with E-state index in [0.29, 0.717) is 19.3 Å². The lowest BCUT2D eigenvalue weighted by Gasteiger charge is -2.18. The van der Waals surface area contributed by atoms with Crippen molar-refractivity contribution >= 4 is 17.9 Å². The first-order valence-corrected chi connectivity index (χ1v) is 30.4. The number of hydrogen-bond acceptors (Lipinski definition) is 6. The lowest BCUT2D eigenvalue weighted by molar-refractivity contribution is -0.167. The lowest BCUT2D eigenvalue weighted by atomic mass is 10.0. The van der Waals surface area contributed by atoms with Crippen LogP contribution in [-0.2, 0) is 28.6 Å². The number of carbonyl (C=O) groups is 3. The van der Waals surface area contributed by atoms with Gasteiger partial charge < -0.3 is 14.2 Å². The molecule has 0 N–H and O–H groups in total. The monoisotopic (exact) mass is 1010 g/mol. The molecule has 0 aromatic heterocycles. The van der Waals surface area contributed by atoms with Crippen molar-refractivity contribution < 1.29 is 28.6 Å². The van der Waals surface area contributed by atoms with Gasteiger partial charge in [0.25, 0.3) is 0 Å². The zero-order valence-electron chi connectivity index (χ0n) is 47.6. The van der Waals surface area contributed by atoms with Crippen molar-refractivity contribution in [1.82, 2.24) is 0 Å². The second-order valence-electron chi connectivity index (χ2n) is 19.9. The predicted molar refractivity (Wildman–Crippen MR) is 316 cm³/mol. The average molecular weight is 1010 g/mol. The molecule has 0 spiro atoms. The Morgan fingerprint density at radius 1 is 0.288 bits per heavy atom. The molecular formula is C67H112O6. The molecule has 6 heteroatoms.